The minimum Gasteiger partial charge on any atom is -0.461 e. The zero-order chi connectivity index (χ0) is 29.2. The predicted octanol–water partition coefficient (Wildman–Crippen LogP) is 4.40. The number of rotatable bonds is 9. The summed E-state index contributed by atoms with van der Waals surface area (Å²) in [5, 5.41) is 1.46. The van der Waals surface area contributed by atoms with Gasteiger partial charge in [0.15, 0.2) is 0 Å². The molecule has 0 N–H and O–H groups in total. The first kappa shape index (κ1) is 27.9. The molecule has 42 heavy (non-hydrogen) atoms. The minimum atomic E-state index is -0.276. The Balaban J connectivity index is 1.32. The summed E-state index contributed by atoms with van der Waals surface area (Å²) in [7, 11) is 0. The van der Waals surface area contributed by atoms with Crippen LogP contribution in [0.1, 0.15) is 31.0 Å². The maximum absolute atomic E-state index is 15.0. The highest BCUT2D eigenvalue weighted by molar-refractivity contribution is 5.95. The van der Waals surface area contributed by atoms with Gasteiger partial charge in [-0.25, -0.2) is 11.0 Å². The third-order valence-electron chi connectivity index (χ3n) is 8.13. The number of hydrogen-bond acceptors (Lipinski definition) is 7. The van der Waals surface area contributed by atoms with Crippen molar-refractivity contribution in [3.05, 3.63) is 77.5 Å². The summed E-state index contributed by atoms with van der Waals surface area (Å²) in [5.74, 6) is 0.360. The highest BCUT2D eigenvalue weighted by atomic mass is 19.1. The van der Waals surface area contributed by atoms with Gasteiger partial charge in [0.1, 0.15) is 24.3 Å². The van der Waals surface area contributed by atoms with Gasteiger partial charge in [0.05, 0.1) is 24.4 Å². The molecule has 2 fully saturated rings. The molecule has 3 aliphatic rings. The van der Waals surface area contributed by atoms with Crippen LogP contribution in [0.4, 0.5) is 15.9 Å². The molecule has 2 aromatic carbocycles. The summed E-state index contributed by atoms with van der Waals surface area (Å²) in [6.07, 6.45) is 4.36. The lowest BCUT2D eigenvalue weighted by Crippen LogP contribution is -2.56. The Morgan fingerprint density at radius 2 is 2.00 bits per heavy atom. The molecule has 0 radical (unpaired) electrons. The number of halogens is 1. The van der Waals surface area contributed by atoms with E-state index in [0.717, 1.165) is 41.0 Å². The van der Waals surface area contributed by atoms with E-state index in [2.05, 4.69) is 21.2 Å². The average Bonchev–Trinajstić information content (AvgIpc) is 3.83. The molecule has 0 unspecified atom stereocenters. The molecule has 1 aliphatic carbocycles. The van der Waals surface area contributed by atoms with E-state index in [1.165, 1.54) is 12.1 Å². The van der Waals surface area contributed by atoms with E-state index >= 15 is 4.39 Å². The average molecular weight is 571 g/mol. The van der Waals surface area contributed by atoms with E-state index in [-0.39, 0.29) is 36.4 Å². The van der Waals surface area contributed by atoms with Gasteiger partial charge in [0, 0.05) is 42.8 Å². The van der Waals surface area contributed by atoms with Crippen LogP contribution in [0, 0.1) is 12.4 Å². The van der Waals surface area contributed by atoms with Gasteiger partial charge in [-0.1, -0.05) is 30.8 Å². The zero-order valence-electron chi connectivity index (χ0n) is 23.8. The number of benzene rings is 2. The van der Waals surface area contributed by atoms with Crippen molar-refractivity contribution in [2.24, 2.45) is 0 Å². The molecule has 3 heterocycles. The van der Waals surface area contributed by atoms with Crippen LogP contribution in [0.3, 0.4) is 0 Å². The third kappa shape index (κ3) is 5.74. The number of carbonyl (C=O) groups excluding carboxylic acids is 1. The lowest BCUT2D eigenvalue weighted by atomic mass is 10.0. The molecule has 1 amide bonds. The molecule has 2 aliphatic heterocycles. The first-order valence-corrected chi connectivity index (χ1v) is 14.6. The fourth-order valence-corrected chi connectivity index (χ4v) is 5.94. The van der Waals surface area contributed by atoms with Crippen LogP contribution in [0.15, 0.2) is 49.1 Å². The normalized spacial score (nSPS) is 19.3. The number of hydrogen-bond donors (Lipinski definition) is 0. The molecular formula is C32H35FN6O3. The fourth-order valence-electron chi connectivity index (χ4n) is 5.94. The van der Waals surface area contributed by atoms with Crippen molar-refractivity contribution in [2.75, 3.05) is 49.1 Å². The van der Waals surface area contributed by atoms with Gasteiger partial charge >= 0.3 is 6.01 Å². The Morgan fingerprint density at radius 1 is 1.19 bits per heavy atom. The van der Waals surface area contributed by atoms with E-state index in [4.69, 9.17) is 26.0 Å². The quantitative estimate of drug-likeness (QED) is 0.279. The first-order valence-electron chi connectivity index (χ1n) is 14.6. The molecule has 218 valence electrons. The van der Waals surface area contributed by atoms with Crippen LogP contribution >= 0.6 is 0 Å². The van der Waals surface area contributed by atoms with Gasteiger partial charge in [-0.05, 0) is 49.8 Å². The van der Waals surface area contributed by atoms with Crippen molar-refractivity contribution in [1.82, 2.24) is 14.9 Å². The SMILES string of the molecule is [C-]#[N+]C[C@H]1CN(c2nc(OC[C@@H](C)OC3CC3)nc3c2CCN(c2cccc4cccc(F)c24)C3)CCN1C(=O)C=C. The summed E-state index contributed by atoms with van der Waals surface area (Å²) in [6.45, 7) is 16.3. The second-order valence-corrected chi connectivity index (χ2v) is 11.2. The minimum absolute atomic E-state index is 0.0905. The van der Waals surface area contributed by atoms with Crippen molar-refractivity contribution in [3.8, 4) is 6.01 Å². The summed E-state index contributed by atoms with van der Waals surface area (Å²) in [5.41, 5.74) is 2.68. The lowest BCUT2D eigenvalue weighted by Gasteiger charge is -2.41. The van der Waals surface area contributed by atoms with E-state index < -0.39 is 0 Å². The van der Waals surface area contributed by atoms with Crippen LogP contribution in [0.5, 0.6) is 6.01 Å². The molecule has 1 saturated carbocycles. The number of carbonyl (C=O) groups is 1. The number of aromatic nitrogens is 2. The predicted molar refractivity (Wildman–Crippen MR) is 159 cm³/mol. The Bertz CT molecular complexity index is 1530. The first-order chi connectivity index (χ1) is 20.4. The second-order valence-electron chi connectivity index (χ2n) is 11.2. The Hall–Kier alpha value is -4.23. The van der Waals surface area contributed by atoms with Gasteiger partial charge in [0.2, 0.25) is 12.5 Å². The number of piperazine rings is 1. The lowest BCUT2D eigenvalue weighted by molar-refractivity contribution is -0.128. The second kappa shape index (κ2) is 11.9. The van der Waals surface area contributed by atoms with Gasteiger partial charge in [-0.15, -0.1) is 0 Å². The maximum atomic E-state index is 15.0. The van der Waals surface area contributed by atoms with Gasteiger partial charge in [-0.2, -0.15) is 9.97 Å². The largest absolute Gasteiger partial charge is 0.461 e. The molecule has 0 spiro atoms. The van der Waals surface area contributed by atoms with Crippen molar-refractivity contribution in [2.45, 2.75) is 51.0 Å². The monoisotopic (exact) mass is 570 g/mol. The number of ether oxygens (including phenoxy) is 2. The van der Waals surface area contributed by atoms with Gasteiger partial charge in [-0.3, -0.25) is 4.79 Å². The topological polar surface area (TPSA) is 75.4 Å². The van der Waals surface area contributed by atoms with Crippen molar-refractivity contribution >= 4 is 28.2 Å². The molecule has 10 heteroatoms. The third-order valence-corrected chi connectivity index (χ3v) is 8.13. The smallest absolute Gasteiger partial charge is 0.318 e. The summed E-state index contributed by atoms with van der Waals surface area (Å²) >= 11 is 0. The van der Waals surface area contributed by atoms with E-state index in [1.54, 1.807) is 11.0 Å². The van der Waals surface area contributed by atoms with Crippen LogP contribution in [0.25, 0.3) is 15.6 Å². The number of amides is 1. The molecular weight excluding hydrogens is 535 g/mol. The van der Waals surface area contributed by atoms with Crippen LogP contribution in [0.2, 0.25) is 0 Å². The number of nitrogens with zero attached hydrogens (tertiary/aromatic N) is 6. The van der Waals surface area contributed by atoms with Crippen LogP contribution < -0.4 is 14.5 Å². The molecule has 9 nitrogen and oxygen atoms in total. The number of fused-ring (bicyclic) bond motifs is 2. The molecule has 6 rings (SSSR count). The molecule has 1 saturated heterocycles. The van der Waals surface area contributed by atoms with E-state index in [9.17, 15) is 4.79 Å². The molecule has 1 aromatic heterocycles. The van der Waals surface area contributed by atoms with Crippen molar-refractivity contribution < 1.29 is 18.7 Å². The molecule has 0 bridgehead atoms. The fraction of sp³-hybridized carbons (Fsp3) is 0.438. The summed E-state index contributed by atoms with van der Waals surface area (Å²) < 4.78 is 27.1. The Labute approximate surface area is 245 Å². The van der Waals surface area contributed by atoms with Gasteiger partial charge in [0.25, 0.3) is 0 Å². The Morgan fingerprint density at radius 3 is 2.76 bits per heavy atom. The summed E-state index contributed by atoms with van der Waals surface area (Å²) in [6, 6.07) is 11.0. The molecule has 2 atom stereocenters. The van der Waals surface area contributed by atoms with Crippen molar-refractivity contribution in [3.63, 3.8) is 0 Å². The highest BCUT2D eigenvalue weighted by Crippen LogP contribution is 2.35. The van der Waals surface area contributed by atoms with Crippen LogP contribution in [-0.4, -0.2) is 78.4 Å². The van der Waals surface area contributed by atoms with E-state index in [1.807, 2.05) is 31.2 Å². The molecule has 3 aromatic rings. The van der Waals surface area contributed by atoms with E-state index in [0.29, 0.717) is 57.2 Å². The van der Waals surface area contributed by atoms with Crippen LogP contribution in [-0.2, 0) is 22.5 Å². The Kier molecular flexibility index (Phi) is 7.94. The maximum Gasteiger partial charge on any atom is 0.318 e. The number of anilines is 2. The standard InChI is InChI=1S/C32H35FN6O3/c1-4-29(40)39-16-15-38(18-23(39)17-34-3)31-25-13-14-37(28-10-6-8-22-7-5-9-26(33)30(22)28)19-27(25)35-32(36-31)41-20-21(2)42-24-11-12-24/h4-10,21,23-24H,1,11-20H2,2H3/t21-,23+/m1/s1. The van der Waals surface area contributed by atoms with Gasteiger partial charge < -0.3 is 29.0 Å². The highest BCUT2D eigenvalue weighted by Gasteiger charge is 2.35. The zero-order valence-corrected chi connectivity index (χ0v) is 23.8. The summed E-state index contributed by atoms with van der Waals surface area (Å²) in [4.78, 5) is 31.9. The van der Waals surface area contributed by atoms with Crippen molar-refractivity contribution in [1.29, 1.82) is 0 Å².